The second-order valence-corrected chi connectivity index (χ2v) is 7.34. The Morgan fingerprint density at radius 1 is 1.18 bits per heavy atom. The molecule has 22 heavy (non-hydrogen) atoms. The average molecular weight is 342 g/mol. The van der Waals surface area contributed by atoms with Crippen molar-refractivity contribution in [1.82, 2.24) is 4.90 Å². The van der Waals surface area contributed by atoms with E-state index in [0.717, 1.165) is 0 Å². The predicted molar refractivity (Wildman–Crippen MR) is 84.3 cm³/mol. The molecule has 0 spiro atoms. The number of hydrogen-bond donors (Lipinski definition) is 1. The highest BCUT2D eigenvalue weighted by molar-refractivity contribution is 6.36. The minimum Gasteiger partial charge on any atom is -0.481 e. The largest absolute Gasteiger partial charge is 0.481 e. The highest BCUT2D eigenvalue weighted by atomic mass is 35.5. The van der Waals surface area contributed by atoms with Gasteiger partial charge in [-0.1, -0.05) is 29.3 Å². The van der Waals surface area contributed by atoms with Gasteiger partial charge in [0.2, 0.25) is 5.91 Å². The molecule has 1 saturated carbocycles. The lowest BCUT2D eigenvalue weighted by Crippen LogP contribution is -2.40. The number of amides is 1. The van der Waals surface area contributed by atoms with Crippen molar-refractivity contribution < 1.29 is 14.7 Å². The first-order valence-electron chi connectivity index (χ1n) is 7.27. The van der Waals surface area contributed by atoms with Gasteiger partial charge in [0.05, 0.1) is 10.8 Å². The van der Waals surface area contributed by atoms with Crippen LogP contribution < -0.4 is 0 Å². The molecule has 4 nitrogen and oxygen atoms in total. The van der Waals surface area contributed by atoms with Crippen LogP contribution in [0.5, 0.6) is 0 Å². The number of hydrogen-bond acceptors (Lipinski definition) is 2. The molecule has 1 amide bonds. The minimum absolute atomic E-state index is 0.0486. The van der Waals surface area contributed by atoms with Gasteiger partial charge in [0.15, 0.2) is 0 Å². The Labute approximate surface area is 139 Å². The highest BCUT2D eigenvalue weighted by Crippen LogP contribution is 2.54. The third-order valence-corrected chi connectivity index (χ3v) is 5.51. The van der Waals surface area contributed by atoms with Crippen molar-refractivity contribution in [2.45, 2.75) is 31.6 Å². The van der Waals surface area contributed by atoms with Gasteiger partial charge in [0, 0.05) is 28.7 Å². The number of benzene rings is 1. The van der Waals surface area contributed by atoms with Crippen molar-refractivity contribution >= 4 is 35.1 Å². The van der Waals surface area contributed by atoms with Crippen molar-refractivity contribution in [3.8, 4) is 0 Å². The monoisotopic (exact) mass is 341 g/mol. The molecule has 6 heteroatoms. The van der Waals surface area contributed by atoms with Crippen molar-refractivity contribution in [2.75, 3.05) is 13.1 Å². The summed E-state index contributed by atoms with van der Waals surface area (Å²) in [6.07, 6.45) is 1.88. The number of carboxylic acid groups (broad SMARTS) is 1. The average Bonchev–Trinajstić information content (AvgIpc) is 3.14. The molecule has 1 saturated heterocycles. The van der Waals surface area contributed by atoms with Crippen LogP contribution in [0.15, 0.2) is 18.2 Å². The van der Waals surface area contributed by atoms with Gasteiger partial charge in [-0.2, -0.15) is 0 Å². The molecule has 1 atom stereocenters. The summed E-state index contributed by atoms with van der Waals surface area (Å²) in [5.41, 5.74) is -0.845. The molecule has 2 aliphatic rings. The van der Waals surface area contributed by atoms with E-state index in [-0.39, 0.29) is 12.5 Å². The number of carbonyl (C=O) groups excluding carboxylic acids is 1. The smallest absolute Gasteiger partial charge is 0.311 e. The van der Waals surface area contributed by atoms with E-state index >= 15 is 0 Å². The van der Waals surface area contributed by atoms with Crippen molar-refractivity contribution in [3.05, 3.63) is 33.8 Å². The maximum atomic E-state index is 13.0. The molecule has 0 aromatic heterocycles. The Hall–Kier alpha value is -1.26. The molecule has 1 aliphatic carbocycles. The van der Waals surface area contributed by atoms with Crippen LogP contribution in [0.1, 0.15) is 31.7 Å². The summed E-state index contributed by atoms with van der Waals surface area (Å²) in [5, 5.41) is 10.3. The Morgan fingerprint density at radius 2 is 1.77 bits per heavy atom. The Bertz CT molecular complexity index is 637. The van der Waals surface area contributed by atoms with Crippen molar-refractivity contribution in [2.24, 2.45) is 5.41 Å². The third-order valence-electron chi connectivity index (χ3n) is 4.88. The van der Waals surface area contributed by atoms with Gasteiger partial charge in [-0.05, 0) is 38.3 Å². The zero-order valence-electron chi connectivity index (χ0n) is 12.2. The van der Waals surface area contributed by atoms with Crippen LogP contribution in [0.25, 0.3) is 0 Å². The number of nitrogens with zero attached hydrogens (tertiary/aromatic N) is 1. The fourth-order valence-electron chi connectivity index (χ4n) is 3.26. The number of rotatable bonds is 3. The van der Waals surface area contributed by atoms with Crippen molar-refractivity contribution in [3.63, 3.8) is 0 Å². The summed E-state index contributed by atoms with van der Waals surface area (Å²) < 4.78 is 0. The first kappa shape index (κ1) is 15.6. The zero-order valence-corrected chi connectivity index (χ0v) is 13.7. The quantitative estimate of drug-likeness (QED) is 0.917. The Morgan fingerprint density at radius 3 is 2.23 bits per heavy atom. The van der Waals surface area contributed by atoms with E-state index in [2.05, 4.69) is 0 Å². The van der Waals surface area contributed by atoms with Gasteiger partial charge in [-0.25, -0.2) is 0 Å². The molecule has 1 aromatic carbocycles. The summed E-state index contributed by atoms with van der Waals surface area (Å²) in [5.74, 6) is -0.907. The lowest BCUT2D eigenvalue weighted by atomic mass is 9.90. The second-order valence-electron chi connectivity index (χ2n) is 6.52. The van der Waals surface area contributed by atoms with Gasteiger partial charge in [-0.15, -0.1) is 0 Å². The molecule has 1 aromatic rings. The van der Waals surface area contributed by atoms with Crippen LogP contribution in [-0.4, -0.2) is 35.0 Å². The van der Waals surface area contributed by atoms with Crippen LogP contribution in [-0.2, 0) is 15.0 Å². The first-order chi connectivity index (χ1) is 10.3. The summed E-state index contributed by atoms with van der Waals surface area (Å²) in [6.45, 7) is 2.39. The molecule has 1 unspecified atom stereocenters. The fraction of sp³-hybridized carbons (Fsp3) is 0.500. The van der Waals surface area contributed by atoms with Gasteiger partial charge in [0.25, 0.3) is 0 Å². The van der Waals surface area contributed by atoms with Crippen LogP contribution in [0.2, 0.25) is 10.0 Å². The van der Waals surface area contributed by atoms with Crippen LogP contribution in [0, 0.1) is 5.41 Å². The van der Waals surface area contributed by atoms with E-state index in [9.17, 15) is 14.7 Å². The molecule has 1 heterocycles. The van der Waals surface area contributed by atoms with E-state index in [1.165, 1.54) is 0 Å². The van der Waals surface area contributed by atoms with Crippen LogP contribution in [0.4, 0.5) is 0 Å². The maximum Gasteiger partial charge on any atom is 0.311 e. The topological polar surface area (TPSA) is 57.6 Å². The van der Waals surface area contributed by atoms with Gasteiger partial charge in [0.1, 0.15) is 0 Å². The van der Waals surface area contributed by atoms with E-state index in [1.807, 2.05) is 0 Å². The van der Waals surface area contributed by atoms with E-state index in [4.69, 9.17) is 23.2 Å². The molecule has 3 rings (SSSR count). The summed E-state index contributed by atoms with van der Waals surface area (Å²) in [6, 6.07) is 5.23. The Balaban J connectivity index is 1.89. The number of carboxylic acids is 1. The number of halogens is 2. The predicted octanol–water partition coefficient (Wildman–Crippen LogP) is 3.35. The Kier molecular flexibility index (Phi) is 3.65. The SMILES string of the molecule is CC1(C(=O)O)CCN(C(=O)C2(c3c(Cl)cccc3Cl)CC2)C1. The molecule has 2 fully saturated rings. The van der Waals surface area contributed by atoms with E-state index in [0.29, 0.717) is 41.4 Å². The fourth-order valence-corrected chi connectivity index (χ4v) is 4.02. The standard InChI is InChI=1S/C16H17Cl2NO3/c1-15(14(21)22)7-8-19(9-15)13(20)16(5-6-16)12-10(17)3-2-4-11(12)18/h2-4H,5-9H2,1H3,(H,21,22). The molecule has 118 valence electrons. The second kappa shape index (κ2) is 5.14. The van der Waals surface area contributed by atoms with Gasteiger partial charge < -0.3 is 10.0 Å². The summed E-state index contributed by atoms with van der Waals surface area (Å²) in [7, 11) is 0. The van der Waals surface area contributed by atoms with Crippen LogP contribution >= 0.6 is 23.2 Å². The zero-order chi connectivity index (χ0) is 16.1. The van der Waals surface area contributed by atoms with E-state index in [1.54, 1.807) is 30.0 Å². The van der Waals surface area contributed by atoms with Crippen LogP contribution in [0.3, 0.4) is 0 Å². The lowest BCUT2D eigenvalue weighted by Gasteiger charge is -2.26. The molecule has 1 aliphatic heterocycles. The van der Waals surface area contributed by atoms with Gasteiger partial charge >= 0.3 is 5.97 Å². The summed E-state index contributed by atoms with van der Waals surface area (Å²) >= 11 is 12.5. The maximum absolute atomic E-state index is 13.0. The number of likely N-dealkylation sites (tertiary alicyclic amines) is 1. The molecule has 0 bridgehead atoms. The minimum atomic E-state index is -0.865. The molecular formula is C16H17Cl2NO3. The molecule has 0 radical (unpaired) electrons. The number of aliphatic carboxylic acids is 1. The normalized spacial score (nSPS) is 26.0. The first-order valence-corrected chi connectivity index (χ1v) is 8.03. The lowest BCUT2D eigenvalue weighted by molar-refractivity contribution is -0.147. The van der Waals surface area contributed by atoms with Gasteiger partial charge in [-0.3, -0.25) is 9.59 Å². The van der Waals surface area contributed by atoms with Crippen molar-refractivity contribution in [1.29, 1.82) is 0 Å². The highest BCUT2D eigenvalue weighted by Gasteiger charge is 2.57. The number of carbonyl (C=O) groups is 2. The van der Waals surface area contributed by atoms with E-state index < -0.39 is 16.8 Å². The summed E-state index contributed by atoms with van der Waals surface area (Å²) in [4.78, 5) is 26.0. The third kappa shape index (κ3) is 2.29. The molecule has 1 N–H and O–H groups in total. The molecular weight excluding hydrogens is 325 g/mol.